The monoisotopic (exact) mass is 256 g/mol. The first kappa shape index (κ1) is 14.8. The minimum atomic E-state index is -0.894. The lowest BCUT2D eigenvalue weighted by Crippen LogP contribution is -2.57. The van der Waals surface area contributed by atoms with Crippen molar-refractivity contribution in [1.29, 1.82) is 0 Å². The Kier molecular flexibility index (Phi) is 5.91. The van der Waals surface area contributed by atoms with Gasteiger partial charge in [0.25, 0.3) is 0 Å². The van der Waals surface area contributed by atoms with Gasteiger partial charge in [-0.3, -0.25) is 4.79 Å². The van der Waals surface area contributed by atoms with Crippen LogP contribution in [0, 0.1) is 0 Å². The number of carbonyl (C=O) groups is 1. The summed E-state index contributed by atoms with van der Waals surface area (Å²) in [5, 5.41) is 15.9. The molecule has 1 fully saturated rings. The minimum Gasteiger partial charge on any atom is -0.480 e. The van der Waals surface area contributed by atoms with E-state index in [1.165, 1.54) is 0 Å². The van der Waals surface area contributed by atoms with Gasteiger partial charge in [-0.15, -0.1) is 0 Å². The average Bonchev–Trinajstić information content (AvgIpc) is 2.38. The lowest BCUT2D eigenvalue weighted by molar-refractivity contribution is -0.152. The SMILES string of the molecule is CCC1CC(NCCCN=[N+]=[N-])(C(=O)O)CCO1. The third-order valence-corrected chi connectivity index (χ3v) is 3.28. The minimum absolute atomic E-state index is 0.000482. The van der Waals surface area contributed by atoms with Crippen LogP contribution in [0.5, 0.6) is 0 Å². The predicted molar refractivity (Wildman–Crippen MR) is 66.3 cm³/mol. The molecule has 7 heteroatoms. The molecule has 0 aromatic carbocycles. The van der Waals surface area contributed by atoms with Crippen LogP contribution in [0.15, 0.2) is 5.11 Å². The van der Waals surface area contributed by atoms with Crippen molar-refractivity contribution in [2.45, 2.75) is 44.2 Å². The Hall–Kier alpha value is -1.30. The molecule has 2 atom stereocenters. The van der Waals surface area contributed by atoms with Crippen molar-refractivity contribution in [3.8, 4) is 0 Å². The van der Waals surface area contributed by atoms with Crippen molar-refractivity contribution >= 4 is 5.97 Å². The molecule has 0 amide bonds. The second-order valence-corrected chi connectivity index (χ2v) is 4.48. The van der Waals surface area contributed by atoms with E-state index in [9.17, 15) is 9.90 Å². The number of carboxylic acids is 1. The summed E-state index contributed by atoms with van der Waals surface area (Å²) >= 11 is 0. The standard InChI is InChI=1S/C11H20N4O3/c1-2-9-8-11(10(16)17,4-7-18-9)13-5-3-6-14-15-12/h9,13H,2-8H2,1H3,(H,16,17). The normalized spacial score (nSPS) is 27.5. The molecule has 7 nitrogen and oxygen atoms in total. The Labute approximate surface area is 106 Å². The number of aliphatic carboxylic acids is 1. The molecule has 0 radical (unpaired) electrons. The van der Waals surface area contributed by atoms with Crippen LogP contribution >= 0.6 is 0 Å². The fraction of sp³-hybridized carbons (Fsp3) is 0.909. The number of hydrogen-bond acceptors (Lipinski definition) is 4. The number of azide groups is 1. The highest BCUT2D eigenvalue weighted by Crippen LogP contribution is 2.26. The first-order valence-electron chi connectivity index (χ1n) is 6.25. The van der Waals surface area contributed by atoms with Crippen molar-refractivity contribution < 1.29 is 14.6 Å². The molecule has 1 aliphatic heterocycles. The maximum Gasteiger partial charge on any atom is 0.324 e. The highest BCUT2D eigenvalue weighted by atomic mass is 16.5. The maximum atomic E-state index is 11.5. The summed E-state index contributed by atoms with van der Waals surface area (Å²) in [4.78, 5) is 14.1. The van der Waals surface area contributed by atoms with Gasteiger partial charge in [-0.25, -0.2) is 0 Å². The van der Waals surface area contributed by atoms with Crippen LogP contribution in [0.1, 0.15) is 32.6 Å². The van der Waals surface area contributed by atoms with Crippen LogP contribution in [0.4, 0.5) is 0 Å². The molecule has 0 aromatic rings. The second kappa shape index (κ2) is 7.20. The third kappa shape index (κ3) is 3.87. The van der Waals surface area contributed by atoms with Gasteiger partial charge in [0.05, 0.1) is 6.10 Å². The molecule has 0 aromatic heterocycles. The zero-order chi connectivity index (χ0) is 13.4. The van der Waals surface area contributed by atoms with Crippen LogP contribution < -0.4 is 5.32 Å². The van der Waals surface area contributed by atoms with E-state index in [1.54, 1.807) is 0 Å². The van der Waals surface area contributed by atoms with Crippen LogP contribution in [0.25, 0.3) is 10.4 Å². The topological polar surface area (TPSA) is 107 Å². The lowest BCUT2D eigenvalue weighted by Gasteiger charge is -2.38. The summed E-state index contributed by atoms with van der Waals surface area (Å²) in [6, 6.07) is 0. The zero-order valence-corrected chi connectivity index (χ0v) is 10.6. The van der Waals surface area contributed by atoms with E-state index < -0.39 is 11.5 Å². The van der Waals surface area contributed by atoms with Crippen molar-refractivity contribution in [2.75, 3.05) is 19.7 Å². The van der Waals surface area contributed by atoms with E-state index in [2.05, 4.69) is 15.3 Å². The molecule has 1 rings (SSSR count). The van der Waals surface area contributed by atoms with Gasteiger partial charge in [0.2, 0.25) is 0 Å². The van der Waals surface area contributed by atoms with Gasteiger partial charge in [0.1, 0.15) is 5.54 Å². The molecule has 0 aliphatic carbocycles. The molecule has 1 saturated heterocycles. The van der Waals surface area contributed by atoms with Crippen molar-refractivity contribution in [2.24, 2.45) is 5.11 Å². The summed E-state index contributed by atoms with van der Waals surface area (Å²) in [7, 11) is 0. The Bertz CT molecular complexity index is 330. The number of hydrogen-bond donors (Lipinski definition) is 2. The zero-order valence-electron chi connectivity index (χ0n) is 10.6. The third-order valence-electron chi connectivity index (χ3n) is 3.28. The molecular weight excluding hydrogens is 236 g/mol. The molecule has 2 N–H and O–H groups in total. The molecule has 0 saturated carbocycles. The van der Waals surface area contributed by atoms with Crippen LogP contribution in [0.3, 0.4) is 0 Å². The fourth-order valence-electron chi connectivity index (χ4n) is 2.16. The highest BCUT2D eigenvalue weighted by Gasteiger charge is 2.42. The highest BCUT2D eigenvalue weighted by molar-refractivity contribution is 5.79. The van der Waals surface area contributed by atoms with E-state index in [0.29, 0.717) is 39.0 Å². The number of ether oxygens (including phenoxy) is 1. The maximum absolute atomic E-state index is 11.5. The van der Waals surface area contributed by atoms with Gasteiger partial charge in [-0.05, 0) is 31.3 Å². The number of nitrogens with one attached hydrogen (secondary N) is 1. The summed E-state index contributed by atoms with van der Waals surface area (Å²) < 4.78 is 5.51. The van der Waals surface area contributed by atoms with Crippen molar-refractivity contribution in [1.82, 2.24) is 5.32 Å². The quantitative estimate of drug-likeness (QED) is 0.313. The lowest BCUT2D eigenvalue weighted by atomic mass is 9.85. The summed E-state index contributed by atoms with van der Waals surface area (Å²) in [6.07, 6.45) is 2.41. The molecular formula is C11H20N4O3. The van der Waals surface area contributed by atoms with E-state index in [0.717, 1.165) is 6.42 Å². The van der Waals surface area contributed by atoms with E-state index in [1.807, 2.05) is 6.92 Å². The average molecular weight is 256 g/mol. The Balaban J connectivity index is 2.52. The summed E-state index contributed by atoms with van der Waals surface area (Å²) in [5.74, 6) is -0.826. The van der Waals surface area contributed by atoms with Crippen molar-refractivity contribution in [3.05, 3.63) is 10.4 Å². The fourth-order valence-corrected chi connectivity index (χ4v) is 2.16. The van der Waals surface area contributed by atoms with Gasteiger partial charge in [-0.2, -0.15) is 0 Å². The largest absolute Gasteiger partial charge is 0.480 e. The molecule has 1 aliphatic rings. The van der Waals surface area contributed by atoms with Gasteiger partial charge in [-0.1, -0.05) is 12.0 Å². The van der Waals surface area contributed by atoms with E-state index >= 15 is 0 Å². The molecule has 1 heterocycles. The molecule has 0 spiro atoms. The number of nitrogens with zero attached hydrogens (tertiary/aromatic N) is 3. The van der Waals surface area contributed by atoms with Gasteiger partial charge >= 0.3 is 5.97 Å². The molecule has 2 unspecified atom stereocenters. The molecule has 102 valence electrons. The predicted octanol–water partition coefficient (Wildman–Crippen LogP) is 1.69. The van der Waals surface area contributed by atoms with Gasteiger partial charge < -0.3 is 15.2 Å². The summed E-state index contributed by atoms with van der Waals surface area (Å²) in [5.41, 5.74) is 7.25. The number of carboxylic acid groups (broad SMARTS) is 1. The first-order valence-corrected chi connectivity index (χ1v) is 6.25. The Morgan fingerprint density at radius 1 is 1.72 bits per heavy atom. The van der Waals surface area contributed by atoms with E-state index in [-0.39, 0.29) is 6.10 Å². The second-order valence-electron chi connectivity index (χ2n) is 4.48. The smallest absolute Gasteiger partial charge is 0.324 e. The molecule has 18 heavy (non-hydrogen) atoms. The van der Waals surface area contributed by atoms with Crippen LogP contribution in [-0.4, -0.2) is 42.4 Å². The summed E-state index contributed by atoms with van der Waals surface area (Å²) in [6.45, 7) is 3.37. The molecule has 0 bridgehead atoms. The van der Waals surface area contributed by atoms with Crippen LogP contribution in [-0.2, 0) is 9.53 Å². The van der Waals surface area contributed by atoms with E-state index in [4.69, 9.17) is 10.3 Å². The Morgan fingerprint density at radius 3 is 3.11 bits per heavy atom. The van der Waals surface area contributed by atoms with Crippen LogP contribution in [0.2, 0.25) is 0 Å². The van der Waals surface area contributed by atoms with Gasteiger partial charge in [0.15, 0.2) is 0 Å². The van der Waals surface area contributed by atoms with Crippen molar-refractivity contribution in [3.63, 3.8) is 0 Å². The first-order chi connectivity index (χ1) is 8.64. The number of rotatable bonds is 7. The Morgan fingerprint density at radius 2 is 2.50 bits per heavy atom. The van der Waals surface area contributed by atoms with Gasteiger partial charge in [0, 0.05) is 24.5 Å².